The van der Waals surface area contributed by atoms with E-state index in [2.05, 4.69) is 20.6 Å². The highest BCUT2D eigenvalue weighted by Crippen LogP contribution is 2.35. The molecule has 3 aromatic rings. The molecule has 4 amide bonds. The van der Waals surface area contributed by atoms with Crippen LogP contribution >= 0.6 is 0 Å². The minimum absolute atomic E-state index is 0.0223. The van der Waals surface area contributed by atoms with E-state index in [4.69, 9.17) is 4.52 Å². The highest BCUT2D eigenvalue weighted by atomic mass is 19.1. The molecule has 188 valence electrons. The third-order valence-electron chi connectivity index (χ3n) is 6.64. The van der Waals surface area contributed by atoms with Gasteiger partial charge in [0.15, 0.2) is 5.82 Å². The van der Waals surface area contributed by atoms with Gasteiger partial charge in [-0.15, -0.1) is 0 Å². The molecule has 0 aliphatic carbocycles. The second kappa shape index (κ2) is 8.76. The van der Waals surface area contributed by atoms with Gasteiger partial charge in [-0.25, -0.2) is 9.07 Å². The van der Waals surface area contributed by atoms with Crippen LogP contribution in [-0.4, -0.2) is 65.9 Å². The van der Waals surface area contributed by atoms with E-state index in [-0.39, 0.29) is 48.0 Å². The Labute approximate surface area is 208 Å². The number of hydrogen-bond donors (Lipinski definition) is 1. The summed E-state index contributed by atoms with van der Waals surface area (Å²) in [6, 6.07) is 5.39. The lowest BCUT2D eigenvalue weighted by Gasteiger charge is -2.29. The summed E-state index contributed by atoms with van der Waals surface area (Å²) in [5, 5.41) is 10.2. The smallest absolute Gasteiger partial charge is 0.278 e. The number of hydrogen-bond acceptors (Lipinski definition) is 9. The van der Waals surface area contributed by atoms with Crippen molar-refractivity contribution in [2.24, 2.45) is 0 Å². The van der Waals surface area contributed by atoms with E-state index in [0.717, 1.165) is 4.90 Å². The summed E-state index contributed by atoms with van der Waals surface area (Å²) in [4.78, 5) is 57.2. The van der Waals surface area contributed by atoms with Gasteiger partial charge in [0, 0.05) is 30.9 Å². The zero-order valence-electron chi connectivity index (χ0n) is 19.4. The predicted octanol–water partition coefficient (Wildman–Crippen LogP) is 1.09. The summed E-state index contributed by atoms with van der Waals surface area (Å²) in [5.41, 5.74) is 0.854. The number of piperidine rings is 1. The van der Waals surface area contributed by atoms with Crippen molar-refractivity contribution < 1.29 is 28.1 Å². The van der Waals surface area contributed by atoms with E-state index in [9.17, 15) is 19.2 Å². The molecule has 37 heavy (non-hydrogen) atoms. The van der Waals surface area contributed by atoms with Gasteiger partial charge in [-0.2, -0.15) is 10.1 Å². The monoisotopic (exact) mass is 505 g/mol. The van der Waals surface area contributed by atoms with Crippen molar-refractivity contribution >= 4 is 23.6 Å². The molecule has 0 radical (unpaired) electrons. The van der Waals surface area contributed by atoms with Crippen molar-refractivity contribution in [3.05, 3.63) is 59.6 Å². The van der Waals surface area contributed by atoms with E-state index in [1.165, 1.54) is 16.9 Å². The SMILES string of the molecule is O=C1CCC(N2C(=O)C3=C(C2=O)N(Cc2nc(-c4cccc(-n5cccn5)c4F)no2)CCC3)C(=O)N1. The molecule has 3 aliphatic heterocycles. The van der Waals surface area contributed by atoms with Crippen molar-refractivity contribution in [1.82, 2.24) is 35.0 Å². The molecule has 5 heterocycles. The predicted molar refractivity (Wildman–Crippen MR) is 122 cm³/mol. The number of rotatable bonds is 5. The molecule has 0 spiro atoms. The number of carbonyl (C=O) groups excluding carboxylic acids is 4. The summed E-state index contributed by atoms with van der Waals surface area (Å²) in [6.45, 7) is 0.469. The standard InChI is InChI=1S/C24H20FN7O5/c25-19-13(4-1-6-15(19)31-11-3-9-26-31)21-28-18(37-29-21)12-30-10-2-5-14-20(30)24(36)32(23(14)35)16-7-8-17(33)27-22(16)34/h1,3-4,6,9,11,16H,2,5,7-8,10,12H2,(H,27,33,34). The Bertz CT molecular complexity index is 1480. The van der Waals surface area contributed by atoms with Crippen molar-refractivity contribution in [3.63, 3.8) is 0 Å². The number of carbonyl (C=O) groups is 4. The largest absolute Gasteiger partial charge is 0.357 e. The Balaban J connectivity index is 1.24. The van der Waals surface area contributed by atoms with E-state index in [0.29, 0.717) is 25.0 Å². The van der Waals surface area contributed by atoms with Crippen LogP contribution < -0.4 is 5.32 Å². The quantitative estimate of drug-likeness (QED) is 0.504. The number of benzene rings is 1. The Morgan fingerprint density at radius 2 is 1.97 bits per heavy atom. The lowest BCUT2D eigenvalue weighted by molar-refractivity contribution is -0.150. The van der Waals surface area contributed by atoms with Crippen LogP contribution in [0.5, 0.6) is 0 Å². The summed E-state index contributed by atoms with van der Waals surface area (Å²) < 4.78 is 21.9. The average Bonchev–Trinajstić information content (AvgIpc) is 3.62. The highest BCUT2D eigenvalue weighted by molar-refractivity contribution is 6.21. The Morgan fingerprint density at radius 1 is 1.11 bits per heavy atom. The molecule has 3 aliphatic rings. The molecular formula is C24H20FN7O5. The van der Waals surface area contributed by atoms with Crippen molar-refractivity contribution in [1.29, 1.82) is 0 Å². The van der Waals surface area contributed by atoms with Crippen LogP contribution in [0.2, 0.25) is 0 Å². The van der Waals surface area contributed by atoms with Gasteiger partial charge >= 0.3 is 0 Å². The Kier molecular flexibility index (Phi) is 5.39. The zero-order valence-corrected chi connectivity index (χ0v) is 19.4. The second-order valence-electron chi connectivity index (χ2n) is 8.90. The number of imide groups is 2. The van der Waals surface area contributed by atoms with Crippen LogP contribution in [0, 0.1) is 5.82 Å². The maximum Gasteiger partial charge on any atom is 0.278 e. The van der Waals surface area contributed by atoms with Gasteiger partial charge in [-0.3, -0.25) is 29.4 Å². The van der Waals surface area contributed by atoms with E-state index in [1.54, 1.807) is 29.3 Å². The summed E-state index contributed by atoms with van der Waals surface area (Å²) in [7, 11) is 0. The van der Waals surface area contributed by atoms with Gasteiger partial charge in [-0.05, 0) is 37.5 Å². The molecule has 1 fully saturated rings. The van der Waals surface area contributed by atoms with Crippen molar-refractivity contribution in [2.45, 2.75) is 38.3 Å². The summed E-state index contributed by atoms with van der Waals surface area (Å²) in [6.07, 6.45) is 4.27. The molecule has 13 heteroatoms. The molecule has 1 atom stereocenters. The Morgan fingerprint density at radius 3 is 2.76 bits per heavy atom. The molecular weight excluding hydrogens is 485 g/mol. The highest BCUT2D eigenvalue weighted by Gasteiger charge is 2.48. The van der Waals surface area contributed by atoms with Crippen molar-refractivity contribution in [3.8, 4) is 17.1 Å². The number of halogens is 1. The Hall–Kier alpha value is -4.68. The van der Waals surface area contributed by atoms with Gasteiger partial charge in [-0.1, -0.05) is 11.2 Å². The minimum Gasteiger partial charge on any atom is -0.357 e. The molecule has 6 rings (SSSR count). The van der Waals surface area contributed by atoms with E-state index >= 15 is 4.39 Å². The maximum atomic E-state index is 15.2. The number of aromatic nitrogens is 4. The first-order valence-electron chi connectivity index (χ1n) is 11.7. The number of nitrogens with zero attached hydrogens (tertiary/aromatic N) is 6. The normalized spacial score (nSPS) is 20.1. The van der Waals surface area contributed by atoms with Gasteiger partial charge in [0.2, 0.25) is 23.5 Å². The lowest BCUT2D eigenvalue weighted by atomic mass is 10.0. The first-order valence-corrected chi connectivity index (χ1v) is 11.7. The van der Waals surface area contributed by atoms with E-state index < -0.39 is 35.5 Å². The van der Waals surface area contributed by atoms with Gasteiger partial charge in [0.1, 0.15) is 17.4 Å². The average molecular weight is 505 g/mol. The summed E-state index contributed by atoms with van der Waals surface area (Å²) >= 11 is 0. The first kappa shape index (κ1) is 22.8. The number of nitrogens with one attached hydrogen (secondary N) is 1. The van der Waals surface area contributed by atoms with Crippen LogP contribution in [0.15, 0.2) is 52.5 Å². The van der Waals surface area contributed by atoms with Crippen LogP contribution in [0.3, 0.4) is 0 Å². The molecule has 0 saturated carbocycles. The van der Waals surface area contributed by atoms with Crippen LogP contribution in [0.1, 0.15) is 31.6 Å². The fourth-order valence-corrected chi connectivity index (χ4v) is 4.93. The number of amides is 4. The fourth-order valence-electron chi connectivity index (χ4n) is 4.93. The van der Waals surface area contributed by atoms with Crippen LogP contribution in [0.25, 0.3) is 17.1 Å². The maximum absolute atomic E-state index is 15.2. The van der Waals surface area contributed by atoms with Gasteiger partial charge in [0.05, 0.1) is 12.1 Å². The minimum atomic E-state index is -1.04. The topological polar surface area (TPSA) is 144 Å². The molecule has 12 nitrogen and oxygen atoms in total. The molecule has 1 N–H and O–H groups in total. The first-order chi connectivity index (χ1) is 17.9. The fraction of sp³-hybridized carbons (Fsp3) is 0.292. The molecule has 1 unspecified atom stereocenters. The van der Waals surface area contributed by atoms with E-state index in [1.807, 2.05) is 0 Å². The molecule has 1 aromatic carbocycles. The molecule has 1 saturated heterocycles. The summed E-state index contributed by atoms with van der Waals surface area (Å²) in [5.74, 6) is -2.62. The zero-order chi connectivity index (χ0) is 25.7. The second-order valence-corrected chi connectivity index (χ2v) is 8.90. The third-order valence-corrected chi connectivity index (χ3v) is 6.64. The van der Waals surface area contributed by atoms with Crippen LogP contribution in [-0.2, 0) is 25.7 Å². The van der Waals surface area contributed by atoms with Crippen LogP contribution in [0.4, 0.5) is 4.39 Å². The third kappa shape index (κ3) is 3.79. The molecule has 0 bridgehead atoms. The van der Waals surface area contributed by atoms with Gasteiger partial charge in [0.25, 0.3) is 11.8 Å². The van der Waals surface area contributed by atoms with Gasteiger partial charge < -0.3 is 9.42 Å². The van der Waals surface area contributed by atoms with Crippen molar-refractivity contribution in [2.75, 3.05) is 6.54 Å². The lowest BCUT2D eigenvalue weighted by Crippen LogP contribution is -2.55. The molecule has 2 aromatic heterocycles.